The molecular formula is C10H22ClNO3. The molecule has 0 fully saturated rings. The van der Waals surface area contributed by atoms with Gasteiger partial charge in [-0.25, -0.2) is 0 Å². The van der Waals surface area contributed by atoms with E-state index in [1.807, 2.05) is 6.92 Å². The fourth-order valence-electron chi connectivity index (χ4n) is 0.910. The Hall–Kier alpha value is 0.130. The Morgan fingerprint density at radius 1 is 1.07 bits per heavy atom. The number of alkyl halides is 1. The van der Waals surface area contributed by atoms with Crippen LogP contribution in [0, 0.1) is 0 Å². The van der Waals surface area contributed by atoms with Gasteiger partial charge in [-0.1, -0.05) is 0 Å². The SMILES string of the molecule is COCCOCCOCCNCC(C)Cl. The standard InChI is InChI=1S/C10H22ClNO3/c1-10(11)9-12-3-4-14-7-8-15-6-5-13-2/h10,12H,3-9H2,1-2H3. The predicted molar refractivity (Wildman–Crippen MR) is 61.7 cm³/mol. The van der Waals surface area contributed by atoms with E-state index in [1.165, 1.54) is 0 Å². The zero-order valence-corrected chi connectivity index (χ0v) is 10.4. The molecule has 0 saturated heterocycles. The fraction of sp³-hybridized carbons (Fsp3) is 1.00. The molecule has 0 aliphatic carbocycles. The monoisotopic (exact) mass is 239 g/mol. The van der Waals surface area contributed by atoms with E-state index in [9.17, 15) is 0 Å². The van der Waals surface area contributed by atoms with Gasteiger partial charge in [0.25, 0.3) is 0 Å². The van der Waals surface area contributed by atoms with E-state index >= 15 is 0 Å². The summed E-state index contributed by atoms with van der Waals surface area (Å²) in [6.07, 6.45) is 0. The molecule has 1 atom stereocenters. The highest BCUT2D eigenvalue weighted by molar-refractivity contribution is 6.20. The van der Waals surface area contributed by atoms with E-state index in [0.717, 1.165) is 13.1 Å². The molecule has 1 N–H and O–H groups in total. The average Bonchev–Trinajstić information content (AvgIpc) is 2.20. The minimum atomic E-state index is 0.169. The van der Waals surface area contributed by atoms with E-state index < -0.39 is 0 Å². The molecule has 0 spiro atoms. The molecule has 0 aliphatic heterocycles. The van der Waals surface area contributed by atoms with Gasteiger partial charge in [0.1, 0.15) is 0 Å². The van der Waals surface area contributed by atoms with Crippen molar-refractivity contribution in [3.63, 3.8) is 0 Å². The van der Waals surface area contributed by atoms with Crippen LogP contribution in [-0.2, 0) is 14.2 Å². The molecule has 0 radical (unpaired) electrons. The van der Waals surface area contributed by atoms with Gasteiger partial charge in [-0.05, 0) is 6.92 Å². The van der Waals surface area contributed by atoms with Gasteiger partial charge in [-0.15, -0.1) is 11.6 Å². The van der Waals surface area contributed by atoms with Crippen LogP contribution in [0.2, 0.25) is 0 Å². The van der Waals surface area contributed by atoms with Crippen LogP contribution in [0.25, 0.3) is 0 Å². The fourth-order valence-corrected chi connectivity index (χ4v) is 1.02. The third-order valence-electron chi connectivity index (χ3n) is 1.65. The van der Waals surface area contributed by atoms with E-state index in [2.05, 4.69) is 5.32 Å². The maximum Gasteiger partial charge on any atom is 0.0701 e. The summed E-state index contributed by atoms with van der Waals surface area (Å²) in [6.45, 7) is 6.80. The van der Waals surface area contributed by atoms with Crippen molar-refractivity contribution in [3.05, 3.63) is 0 Å². The highest BCUT2D eigenvalue weighted by Gasteiger charge is 1.94. The maximum atomic E-state index is 5.75. The molecule has 0 aromatic heterocycles. The lowest BCUT2D eigenvalue weighted by Crippen LogP contribution is -2.25. The van der Waals surface area contributed by atoms with Crippen molar-refractivity contribution in [2.75, 3.05) is 53.2 Å². The Morgan fingerprint density at radius 3 is 2.27 bits per heavy atom. The summed E-state index contributed by atoms with van der Waals surface area (Å²) in [6, 6.07) is 0. The molecular weight excluding hydrogens is 218 g/mol. The van der Waals surface area contributed by atoms with Crippen LogP contribution in [-0.4, -0.2) is 58.6 Å². The zero-order valence-electron chi connectivity index (χ0n) is 9.63. The lowest BCUT2D eigenvalue weighted by atomic mass is 10.4. The van der Waals surface area contributed by atoms with Crippen LogP contribution < -0.4 is 5.32 Å². The summed E-state index contributed by atoms with van der Waals surface area (Å²) < 4.78 is 15.4. The Balaban J connectivity index is 2.87. The summed E-state index contributed by atoms with van der Waals surface area (Å²) in [4.78, 5) is 0. The first-order valence-electron chi connectivity index (χ1n) is 5.26. The van der Waals surface area contributed by atoms with Crippen LogP contribution >= 0.6 is 11.6 Å². The van der Waals surface area contributed by atoms with Crippen molar-refractivity contribution in [1.82, 2.24) is 5.32 Å². The molecule has 0 amide bonds. The predicted octanol–water partition coefficient (Wildman–Crippen LogP) is 0.883. The quantitative estimate of drug-likeness (QED) is 0.429. The highest BCUT2D eigenvalue weighted by atomic mass is 35.5. The maximum absolute atomic E-state index is 5.75. The average molecular weight is 240 g/mol. The molecule has 4 nitrogen and oxygen atoms in total. The highest BCUT2D eigenvalue weighted by Crippen LogP contribution is 1.88. The summed E-state index contributed by atoms with van der Waals surface area (Å²) in [5, 5.41) is 3.35. The minimum absolute atomic E-state index is 0.169. The second-order valence-electron chi connectivity index (χ2n) is 3.20. The third kappa shape index (κ3) is 14.1. The molecule has 0 aliphatic rings. The van der Waals surface area contributed by atoms with Crippen molar-refractivity contribution in [3.8, 4) is 0 Å². The number of hydrogen-bond acceptors (Lipinski definition) is 4. The van der Waals surface area contributed by atoms with Gasteiger partial charge >= 0.3 is 0 Å². The molecule has 15 heavy (non-hydrogen) atoms. The van der Waals surface area contributed by atoms with E-state index in [4.69, 9.17) is 25.8 Å². The van der Waals surface area contributed by atoms with Crippen LogP contribution in [0.4, 0.5) is 0 Å². The molecule has 0 heterocycles. The smallest absolute Gasteiger partial charge is 0.0701 e. The number of halogens is 1. The van der Waals surface area contributed by atoms with Crippen molar-refractivity contribution < 1.29 is 14.2 Å². The first kappa shape index (κ1) is 15.1. The number of rotatable bonds is 11. The van der Waals surface area contributed by atoms with Gasteiger partial charge in [0.2, 0.25) is 0 Å². The molecule has 92 valence electrons. The lowest BCUT2D eigenvalue weighted by Gasteiger charge is -2.07. The molecule has 0 aromatic carbocycles. The molecule has 0 bridgehead atoms. The van der Waals surface area contributed by atoms with Crippen LogP contribution in [0.5, 0.6) is 0 Å². The number of hydrogen-bond donors (Lipinski definition) is 1. The van der Waals surface area contributed by atoms with Crippen molar-refractivity contribution >= 4 is 11.6 Å². The largest absolute Gasteiger partial charge is 0.382 e. The van der Waals surface area contributed by atoms with Gasteiger partial charge in [0.15, 0.2) is 0 Å². The van der Waals surface area contributed by atoms with Gasteiger partial charge in [0.05, 0.1) is 33.0 Å². The van der Waals surface area contributed by atoms with Gasteiger partial charge in [-0.2, -0.15) is 0 Å². The molecule has 1 unspecified atom stereocenters. The first-order chi connectivity index (χ1) is 7.27. The third-order valence-corrected chi connectivity index (χ3v) is 1.81. The molecule has 0 rings (SSSR count). The molecule has 0 saturated carbocycles. The van der Waals surface area contributed by atoms with Crippen molar-refractivity contribution in [1.29, 1.82) is 0 Å². The van der Waals surface area contributed by atoms with Crippen molar-refractivity contribution in [2.24, 2.45) is 0 Å². The number of methoxy groups -OCH3 is 1. The summed E-state index contributed by atoms with van der Waals surface area (Å²) in [5.41, 5.74) is 0. The van der Waals surface area contributed by atoms with Gasteiger partial charge in [0, 0.05) is 25.6 Å². The van der Waals surface area contributed by atoms with E-state index in [1.54, 1.807) is 7.11 Å². The topological polar surface area (TPSA) is 39.7 Å². The normalized spacial score (nSPS) is 13.0. The summed E-state index contributed by atoms with van der Waals surface area (Å²) >= 11 is 5.75. The summed E-state index contributed by atoms with van der Waals surface area (Å²) in [7, 11) is 1.66. The van der Waals surface area contributed by atoms with Crippen molar-refractivity contribution in [2.45, 2.75) is 12.3 Å². The zero-order chi connectivity index (χ0) is 11.4. The van der Waals surface area contributed by atoms with Crippen LogP contribution in [0.1, 0.15) is 6.92 Å². The second kappa shape index (κ2) is 12.2. The van der Waals surface area contributed by atoms with Gasteiger partial charge < -0.3 is 19.5 Å². The lowest BCUT2D eigenvalue weighted by molar-refractivity contribution is 0.0256. The Morgan fingerprint density at radius 2 is 1.67 bits per heavy atom. The first-order valence-corrected chi connectivity index (χ1v) is 5.70. The minimum Gasteiger partial charge on any atom is -0.382 e. The molecule has 5 heteroatoms. The van der Waals surface area contributed by atoms with E-state index in [-0.39, 0.29) is 5.38 Å². The molecule has 0 aromatic rings. The van der Waals surface area contributed by atoms with Crippen LogP contribution in [0.15, 0.2) is 0 Å². The Bertz CT molecular complexity index is 125. The number of nitrogens with one attached hydrogen (secondary N) is 1. The second-order valence-corrected chi connectivity index (χ2v) is 3.95. The number of ether oxygens (including phenoxy) is 3. The summed E-state index contributed by atoms with van der Waals surface area (Å²) in [5.74, 6) is 0. The van der Waals surface area contributed by atoms with Gasteiger partial charge in [-0.3, -0.25) is 0 Å². The van der Waals surface area contributed by atoms with Crippen LogP contribution in [0.3, 0.4) is 0 Å². The Labute approximate surface area is 97.2 Å². The Kier molecular flexibility index (Phi) is 12.3. The van der Waals surface area contributed by atoms with E-state index in [0.29, 0.717) is 33.0 Å².